The molecule has 11 heteroatoms. The van der Waals surface area contributed by atoms with E-state index in [-0.39, 0.29) is 34.4 Å². The molecule has 0 spiro atoms. The largest absolute Gasteiger partial charge is 0.493 e. The van der Waals surface area contributed by atoms with E-state index in [4.69, 9.17) is 32.7 Å². The Hall–Kier alpha value is -4.34. The number of amides is 5. The summed E-state index contributed by atoms with van der Waals surface area (Å²) in [6, 6.07) is 14.1. The Morgan fingerprint density at radius 3 is 2.49 bits per heavy atom. The molecule has 1 aliphatic heterocycles. The highest BCUT2D eigenvalue weighted by molar-refractivity contribution is 6.40. The molecule has 3 aromatic rings. The normalized spacial score (nSPS) is 14.3. The van der Waals surface area contributed by atoms with E-state index in [2.05, 4.69) is 10.6 Å². The van der Waals surface area contributed by atoms with Crippen molar-refractivity contribution in [3.05, 3.63) is 86.9 Å². The van der Waals surface area contributed by atoms with Crippen LogP contribution in [0.15, 0.2) is 60.2 Å². The number of imide groups is 2. The zero-order valence-electron chi connectivity index (χ0n) is 21.1. The molecule has 1 saturated heterocycles. The molecule has 5 amide bonds. The predicted octanol–water partition coefficient (Wildman–Crippen LogP) is 5.30. The van der Waals surface area contributed by atoms with Gasteiger partial charge in [-0.3, -0.25) is 19.7 Å². The molecule has 200 valence electrons. The molecule has 0 atom stereocenters. The molecule has 9 nitrogen and oxygen atoms in total. The van der Waals surface area contributed by atoms with Gasteiger partial charge in [0, 0.05) is 10.7 Å². The molecule has 2 N–H and O–H groups in total. The third-order valence-electron chi connectivity index (χ3n) is 5.79. The highest BCUT2D eigenvalue weighted by Crippen LogP contribution is 2.37. The maximum absolute atomic E-state index is 13.3. The summed E-state index contributed by atoms with van der Waals surface area (Å²) in [5.41, 5.74) is 2.37. The van der Waals surface area contributed by atoms with E-state index >= 15 is 0 Å². The van der Waals surface area contributed by atoms with Crippen molar-refractivity contribution in [3.8, 4) is 11.5 Å². The van der Waals surface area contributed by atoms with Crippen molar-refractivity contribution in [2.75, 3.05) is 23.9 Å². The van der Waals surface area contributed by atoms with E-state index in [1.54, 1.807) is 31.2 Å². The fourth-order valence-corrected chi connectivity index (χ4v) is 4.35. The van der Waals surface area contributed by atoms with Crippen LogP contribution in [-0.4, -0.2) is 37.5 Å². The lowest BCUT2D eigenvalue weighted by molar-refractivity contribution is -0.122. The van der Waals surface area contributed by atoms with Crippen molar-refractivity contribution in [3.63, 3.8) is 0 Å². The van der Waals surface area contributed by atoms with E-state index in [9.17, 15) is 19.2 Å². The molecule has 0 unspecified atom stereocenters. The summed E-state index contributed by atoms with van der Waals surface area (Å²) in [6.07, 6.45) is 1.28. The molecule has 0 aliphatic carbocycles. The average Bonchev–Trinajstić information content (AvgIpc) is 2.88. The molecular weight excluding hydrogens is 545 g/mol. The number of rotatable bonds is 7. The number of carbonyl (C=O) groups is 4. The van der Waals surface area contributed by atoms with Gasteiger partial charge in [0.1, 0.15) is 5.57 Å². The van der Waals surface area contributed by atoms with Crippen LogP contribution in [0.4, 0.5) is 16.2 Å². The summed E-state index contributed by atoms with van der Waals surface area (Å²) in [4.78, 5) is 51.6. The minimum atomic E-state index is -0.893. The summed E-state index contributed by atoms with van der Waals surface area (Å²) >= 11 is 12.6. The molecule has 1 aliphatic rings. The summed E-state index contributed by atoms with van der Waals surface area (Å²) in [5.74, 6) is -1.84. The Labute approximate surface area is 234 Å². The molecule has 0 aromatic heterocycles. The fraction of sp³-hybridized carbons (Fsp3) is 0.143. The number of hydrogen-bond donors (Lipinski definition) is 2. The lowest BCUT2D eigenvalue weighted by atomic mass is 10.1. The van der Waals surface area contributed by atoms with Gasteiger partial charge < -0.3 is 14.8 Å². The van der Waals surface area contributed by atoms with Crippen LogP contribution in [0.25, 0.3) is 6.08 Å². The number of aryl methyl sites for hydroxylation is 1. The van der Waals surface area contributed by atoms with Crippen molar-refractivity contribution in [1.29, 1.82) is 0 Å². The second-order valence-corrected chi connectivity index (χ2v) is 9.40. The first-order chi connectivity index (χ1) is 18.6. The van der Waals surface area contributed by atoms with Gasteiger partial charge >= 0.3 is 6.03 Å². The maximum Gasteiger partial charge on any atom is 0.335 e. The summed E-state index contributed by atoms with van der Waals surface area (Å²) in [7, 11) is 1.38. The molecule has 0 radical (unpaired) electrons. The van der Waals surface area contributed by atoms with E-state index in [0.717, 1.165) is 10.5 Å². The van der Waals surface area contributed by atoms with E-state index in [1.165, 1.54) is 25.3 Å². The molecule has 0 bridgehead atoms. The minimum Gasteiger partial charge on any atom is -0.493 e. The van der Waals surface area contributed by atoms with Gasteiger partial charge in [0.25, 0.3) is 17.7 Å². The Morgan fingerprint density at radius 2 is 1.77 bits per heavy atom. The van der Waals surface area contributed by atoms with Crippen molar-refractivity contribution >= 4 is 64.4 Å². The first-order valence-electron chi connectivity index (χ1n) is 11.6. The van der Waals surface area contributed by atoms with Crippen LogP contribution in [-0.2, 0) is 14.4 Å². The zero-order valence-corrected chi connectivity index (χ0v) is 22.6. The monoisotopic (exact) mass is 567 g/mol. The highest BCUT2D eigenvalue weighted by atomic mass is 35.5. The van der Waals surface area contributed by atoms with Crippen molar-refractivity contribution in [2.24, 2.45) is 0 Å². The van der Waals surface area contributed by atoms with Crippen LogP contribution >= 0.6 is 23.2 Å². The quantitative estimate of drug-likeness (QED) is 0.295. The topological polar surface area (TPSA) is 114 Å². The Bertz CT molecular complexity index is 1540. The van der Waals surface area contributed by atoms with E-state index in [0.29, 0.717) is 21.8 Å². The highest BCUT2D eigenvalue weighted by Gasteiger charge is 2.37. The van der Waals surface area contributed by atoms with Crippen LogP contribution in [0.5, 0.6) is 11.5 Å². The third-order valence-corrected chi connectivity index (χ3v) is 6.48. The molecule has 1 heterocycles. The second-order valence-electron chi connectivity index (χ2n) is 8.58. The Balaban J connectivity index is 1.58. The average molecular weight is 568 g/mol. The first kappa shape index (κ1) is 27.7. The number of barbiturate groups is 1. The number of ether oxygens (including phenoxy) is 2. The third kappa shape index (κ3) is 6.05. The van der Waals surface area contributed by atoms with Crippen LogP contribution < -0.4 is 25.0 Å². The zero-order chi connectivity index (χ0) is 28.3. The molecule has 0 saturated carbocycles. The van der Waals surface area contributed by atoms with Crippen LogP contribution in [0.2, 0.25) is 10.0 Å². The number of carbonyl (C=O) groups excluding carboxylic acids is 4. The van der Waals surface area contributed by atoms with Gasteiger partial charge in [-0.15, -0.1) is 0 Å². The lowest BCUT2D eigenvalue weighted by Crippen LogP contribution is -2.54. The van der Waals surface area contributed by atoms with E-state index in [1.807, 2.05) is 25.1 Å². The van der Waals surface area contributed by atoms with Gasteiger partial charge in [-0.25, -0.2) is 9.69 Å². The molecule has 3 aromatic carbocycles. The molecule has 4 rings (SSSR count). The van der Waals surface area contributed by atoms with Gasteiger partial charge in [-0.05, 0) is 73.0 Å². The molecular formula is C28H23Cl2N3O6. The second kappa shape index (κ2) is 11.6. The standard InChI is InChI=1S/C28H23Cl2N3O6/c1-15-6-4-7-18(10-15)31-24(34)14-39-25-21(30)12-17(13-23(25)38-3)11-19-26(35)32-28(37)33(27(19)36)22-9-5-8-20(29)16(22)2/h4-13H,14H2,1-3H3,(H,31,34)(H,32,35,37)/b19-11+. The van der Waals surface area contributed by atoms with Gasteiger partial charge in [-0.2, -0.15) is 0 Å². The van der Waals surface area contributed by atoms with Crippen molar-refractivity contribution < 1.29 is 28.7 Å². The SMILES string of the molecule is COc1cc(/C=C2\C(=O)NC(=O)N(c3cccc(Cl)c3C)C2=O)cc(Cl)c1OCC(=O)Nc1cccc(C)c1. The number of hydrogen-bond acceptors (Lipinski definition) is 6. The molecule has 1 fully saturated rings. The number of methoxy groups -OCH3 is 1. The lowest BCUT2D eigenvalue weighted by Gasteiger charge is -2.27. The smallest absolute Gasteiger partial charge is 0.335 e. The van der Waals surface area contributed by atoms with Crippen LogP contribution in [0.1, 0.15) is 16.7 Å². The number of benzene rings is 3. The summed E-state index contributed by atoms with van der Waals surface area (Å²) in [5, 5.41) is 5.34. The number of nitrogens with zero attached hydrogens (tertiary/aromatic N) is 1. The van der Waals surface area contributed by atoms with Gasteiger partial charge in [-0.1, -0.05) is 41.4 Å². The molecule has 39 heavy (non-hydrogen) atoms. The number of urea groups is 1. The van der Waals surface area contributed by atoms with Gasteiger partial charge in [0.2, 0.25) is 0 Å². The minimum absolute atomic E-state index is 0.0758. The van der Waals surface area contributed by atoms with Crippen molar-refractivity contribution in [2.45, 2.75) is 13.8 Å². The van der Waals surface area contributed by atoms with Crippen LogP contribution in [0.3, 0.4) is 0 Å². The van der Waals surface area contributed by atoms with Gasteiger partial charge in [0.15, 0.2) is 18.1 Å². The van der Waals surface area contributed by atoms with E-state index < -0.39 is 23.8 Å². The fourth-order valence-electron chi connectivity index (χ4n) is 3.90. The van der Waals surface area contributed by atoms with Gasteiger partial charge in [0.05, 0.1) is 17.8 Å². The summed E-state index contributed by atoms with van der Waals surface area (Å²) < 4.78 is 11.0. The Kier molecular flexibility index (Phi) is 8.23. The first-order valence-corrected chi connectivity index (χ1v) is 12.4. The maximum atomic E-state index is 13.3. The van der Waals surface area contributed by atoms with Crippen LogP contribution in [0, 0.1) is 13.8 Å². The summed E-state index contributed by atoms with van der Waals surface area (Å²) in [6.45, 7) is 3.22. The predicted molar refractivity (Wildman–Crippen MR) is 148 cm³/mol. The number of nitrogens with one attached hydrogen (secondary N) is 2. The Morgan fingerprint density at radius 1 is 1.03 bits per heavy atom. The van der Waals surface area contributed by atoms with Crippen molar-refractivity contribution in [1.82, 2.24) is 5.32 Å². The number of halogens is 2. The number of anilines is 2.